The highest BCUT2D eigenvalue weighted by atomic mass is 32.2. The third-order valence-corrected chi connectivity index (χ3v) is 5.89. The Bertz CT molecular complexity index is 1290. The molecule has 2 aromatic carbocycles. The van der Waals surface area contributed by atoms with Gasteiger partial charge in [0.25, 0.3) is 0 Å². The maximum atomic E-state index is 13.8. The van der Waals surface area contributed by atoms with E-state index in [-0.39, 0.29) is 17.3 Å². The average molecular weight is 467 g/mol. The van der Waals surface area contributed by atoms with E-state index in [1.807, 2.05) is 49.0 Å². The lowest BCUT2D eigenvalue weighted by atomic mass is 10.1. The maximum absolute atomic E-state index is 13.8. The van der Waals surface area contributed by atoms with Crippen LogP contribution in [0.4, 0.5) is 10.1 Å². The number of benzene rings is 2. The number of hydrogen-bond acceptors (Lipinski definition) is 6. The molecule has 170 valence electrons. The van der Waals surface area contributed by atoms with E-state index >= 15 is 0 Å². The van der Waals surface area contributed by atoms with Crippen LogP contribution in [0.1, 0.15) is 6.92 Å². The van der Waals surface area contributed by atoms with E-state index in [2.05, 4.69) is 20.6 Å². The van der Waals surface area contributed by atoms with Gasteiger partial charge in [-0.1, -0.05) is 36.0 Å². The van der Waals surface area contributed by atoms with Gasteiger partial charge in [-0.3, -0.25) is 9.48 Å². The molecule has 0 saturated heterocycles. The largest absolute Gasteiger partial charge is 0.497 e. The summed E-state index contributed by atoms with van der Waals surface area (Å²) in [5, 5.41) is 16.5. The first-order chi connectivity index (χ1) is 16.0. The van der Waals surface area contributed by atoms with Gasteiger partial charge in [-0.25, -0.2) is 4.39 Å². The predicted octanol–water partition coefficient (Wildman–Crippen LogP) is 4.24. The highest BCUT2D eigenvalue weighted by Crippen LogP contribution is 2.33. The van der Waals surface area contributed by atoms with Gasteiger partial charge in [0, 0.05) is 25.4 Å². The zero-order chi connectivity index (χ0) is 23.4. The fourth-order valence-electron chi connectivity index (χ4n) is 3.39. The Morgan fingerprint density at radius 1 is 1.18 bits per heavy atom. The van der Waals surface area contributed by atoms with Gasteiger partial charge in [-0.15, -0.1) is 10.2 Å². The molecule has 4 rings (SSSR count). The lowest BCUT2D eigenvalue weighted by molar-refractivity contribution is -0.113. The van der Waals surface area contributed by atoms with Crippen molar-refractivity contribution in [3.63, 3.8) is 0 Å². The number of aromatic nitrogens is 5. The first-order valence-corrected chi connectivity index (χ1v) is 11.3. The number of ether oxygens (including phenoxy) is 1. The zero-order valence-electron chi connectivity index (χ0n) is 18.4. The number of carbonyl (C=O) groups is 1. The summed E-state index contributed by atoms with van der Waals surface area (Å²) in [5.74, 6) is 0.660. The first-order valence-electron chi connectivity index (χ1n) is 10.3. The molecule has 8 nitrogen and oxygen atoms in total. The summed E-state index contributed by atoms with van der Waals surface area (Å²) in [6, 6.07) is 13.7. The molecule has 0 spiro atoms. The maximum Gasteiger partial charge on any atom is 0.234 e. The number of anilines is 1. The molecule has 0 aliphatic rings. The molecule has 33 heavy (non-hydrogen) atoms. The van der Waals surface area contributed by atoms with E-state index < -0.39 is 5.82 Å². The summed E-state index contributed by atoms with van der Waals surface area (Å²) >= 11 is 1.24. The monoisotopic (exact) mass is 466 g/mol. The van der Waals surface area contributed by atoms with Crippen LogP contribution < -0.4 is 10.1 Å². The highest BCUT2D eigenvalue weighted by molar-refractivity contribution is 7.99. The Hall–Kier alpha value is -3.66. The number of nitrogens with zero attached hydrogens (tertiary/aromatic N) is 5. The van der Waals surface area contributed by atoms with Crippen molar-refractivity contribution in [3.8, 4) is 28.4 Å². The van der Waals surface area contributed by atoms with Crippen molar-refractivity contribution < 1.29 is 13.9 Å². The van der Waals surface area contributed by atoms with Crippen molar-refractivity contribution in [2.45, 2.75) is 18.6 Å². The Labute approximate surface area is 194 Å². The van der Waals surface area contributed by atoms with Crippen LogP contribution in [0.3, 0.4) is 0 Å². The average Bonchev–Trinajstić information content (AvgIpc) is 3.41. The van der Waals surface area contributed by atoms with Gasteiger partial charge < -0.3 is 14.6 Å². The van der Waals surface area contributed by atoms with Crippen molar-refractivity contribution in [2.75, 3.05) is 18.2 Å². The normalized spacial score (nSPS) is 10.9. The van der Waals surface area contributed by atoms with E-state index in [1.54, 1.807) is 23.9 Å². The van der Waals surface area contributed by atoms with Crippen molar-refractivity contribution in [1.29, 1.82) is 0 Å². The summed E-state index contributed by atoms with van der Waals surface area (Å²) in [7, 11) is 3.47. The van der Waals surface area contributed by atoms with Crippen LogP contribution in [-0.4, -0.2) is 43.3 Å². The van der Waals surface area contributed by atoms with Crippen molar-refractivity contribution in [3.05, 3.63) is 60.5 Å². The van der Waals surface area contributed by atoms with Gasteiger partial charge >= 0.3 is 0 Å². The molecule has 1 N–H and O–H groups in total. The number of carbonyl (C=O) groups excluding carboxylic acids is 1. The molecule has 2 aromatic heterocycles. The summed E-state index contributed by atoms with van der Waals surface area (Å²) in [6.07, 6.45) is 1.89. The fraction of sp³-hybridized carbons (Fsp3) is 0.217. The molecule has 10 heteroatoms. The number of thioether (sulfide) groups is 1. The Morgan fingerprint density at radius 3 is 2.76 bits per heavy atom. The minimum absolute atomic E-state index is 0.0717. The van der Waals surface area contributed by atoms with E-state index in [4.69, 9.17) is 4.74 Å². The lowest BCUT2D eigenvalue weighted by Crippen LogP contribution is -2.15. The molecular weight excluding hydrogens is 443 g/mol. The van der Waals surface area contributed by atoms with Crippen LogP contribution in [-0.2, 0) is 18.4 Å². The predicted molar refractivity (Wildman–Crippen MR) is 126 cm³/mol. The van der Waals surface area contributed by atoms with Gasteiger partial charge in [0.05, 0.1) is 24.1 Å². The molecule has 2 heterocycles. The highest BCUT2D eigenvalue weighted by Gasteiger charge is 2.21. The quantitative estimate of drug-likeness (QED) is 0.391. The van der Waals surface area contributed by atoms with Crippen LogP contribution in [0.25, 0.3) is 22.6 Å². The molecule has 0 aliphatic heterocycles. The van der Waals surface area contributed by atoms with Crippen LogP contribution in [0.15, 0.2) is 59.9 Å². The second kappa shape index (κ2) is 9.86. The standard InChI is InChI=1S/C23H23FN6O2S/c1-4-30-22(17-13-29(2)28-21(17)15-8-7-9-16(12-15)32-3)26-27-23(30)33-14-20(31)25-19-11-6-5-10-18(19)24/h5-13H,4,14H2,1-3H3,(H,25,31). The lowest BCUT2D eigenvalue weighted by Gasteiger charge is -2.09. The molecule has 0 aliphatic carbocycles. The number of hydrogen-bond donors (Lipinski definition) is 1. The smallest absolute Gasteiger partial charge is 0.234 e. The molecular formula is C23H23FN6O2S. The Morgan fingerprint density at radius 2 is 2.00 bits per heavy atom. The van der Waals surface area contributed by atoms with Crippen LogP contribution in [0, 0.1) is 5.82 Å². The van der Waals surface area contributed by atoms with Gasteiger partial charge in [0.2, 0.25) is 5.91 Å². The van der Waals surface area contributed by atoms with Crippen LogP contribution in [0.2, 0.25) is 0 Å². The van der Waals surface area contributed by atoms with Crippen LogP contribution >= 0.6 is 11.8 Å². The zero-order valence-corrected chi connectivity index (χ0v) is 19.3. The number of nitrogens with one attached hydrogen (secondary N) is 1. The number of amides is 1. The molecule has 0 atom stereocenters. The van der Waals surface area contributed by atoms with Gasteiger partial charge in [0.15, 0.2) is 11.0 Å². The van der Waals surface area contributed by atoms with Gasteiger partial charge in [-0.2, -0.15) is 5.10 Å². The van der Waals surface area contributed by atoms with E-state index in [0.717, 1.165) is 22.6 Å². The Balaban J connectivity index is 1.57. The number of rotatable bonds is 8. The topological polar surface area (TPSA) is 86.9 Å². The number of aryl methyl sites for hydroxylation is 1. The minimum Gasteiger partial charge on any atom is -0.497 e. The second-order valence-electron chi connectivity index (χ2n) is 7.16. The molecule has 0 saturated carbocycles. The Kier molecular flexibility index (Phi) is 6.74. The first kappa shape index (κ1) is 22.5. The summed E-state index contributed by atoms with van der Waals surface area (Å²) in [5.41, 5.74) is 2.63. The minimum atomic E-state index is -0.475. The van der Waals surface area contributed by atoms with Gasteiger partial charge in [0.1, 0.15) is 17.3 Å². The molecule has 0 fully saturated rings. The van der Waals surface area contributed by atoms with Gasteiger partial charge in [-0.05, 0) is 31.2 Å². The summed E-state index contributed by atoms with van der Waals surface area (Å²) < 4.78 is 22.8. The van der Waals surface area contributed by atoms with Crippen LogP contribution in [0.5, 0.6) is 5.75 Å². The molecule has 0 radical (unpaired) electrons. The van der Waals surface area contributed by atoms with E-state index in [9.17, 15) is 9.18 Å². The second-order valence-corrected chi connectivity index (χ2v) is 8.11. The van der Waals surface area contributed by atoms with Crippen molar-refractivity contribution in [1.82, 2.24) is 24.5 Å². The van der Waals surface area contributed by atoms with E-state index in [1.165, 1.54) is 23.9 Å². The van der Waals surface area contributed by atoms with E-state index in [0.29, 0.717) is 17.5 Å². The van der Waals surface area contributed by atoms with Crippen molar-refractivity contribution in [2.24, 2.45) is 7.05 Å². The van der Waals surface area contributed by atoms with Crippen molar-refractivity contribution >= 4 is 23.4 Å². The molecule has 0 unspecified atom stereocenters. The molecule has 0 bridgehead atoms. The molecule has 1 amide bonds. The molecule has 4 aromatic rings. The third kappa shape index (κ3) is 4.90. The third-order valence-electron chi connectivity index (χ3n) is 4.93. The summed E-state index contributed by atoms with van der Waals surface area (Å²) in [4.78, 5) is 12.3. The number of methoxy groups -OCH3 is 1. The SMILES string of the molecule is CCn1c(SCC(=O)Nc2ccccc2F)nnc1-c1cn(C)nc1-c1cccc(OC)c1. The number of para-hydroxylation sites is 1. The summed E-state index contributed by atoms with van der Waals surface area (Å²) in [6.45, 7) is 2.59. The fourth-order valence-corrected chi connectivity index (χ4v) is 4.20. The number of halogens is 1.